The highest BCUT2D eigenvalue weighted by atomic mass is 16.7. The molecule has 2 aliphatic rings. The number of hydrogen-bond donors (Lipinski definition) is 0. The number of rotatable bonds is 7. The number of ether oxygens (including phenoxy) is 3. The van der Waals surface area contributed by atoms with E-state index in [0.717, 1.165) is 32.1 Å². The van der Waals surface area contributed by atoms with E-state index in [2.05, 4.69) is 20.8 Å². The van der Waals surface area contributed by atoms with E-state index in [0.29, 0.717) is 11.8 Å². The fourth-order valence-electron chi connectivity index (χ4n) is 4.58. The highest BCUT2D eigenvalue weighted by Gasteiger charge is 2.52. The molecule has 25 heavy (non-hydrogen) atoms. The predicted octanol–water partition coefficient (Wildman–Crippen LogP) is 5.09. The van der Waals surface area contributed by atoms with Crippen molar-refractivity contribution in [2.24, 2.45) is 17.3 Å². The Morgan fingerprint density at radius 1 is 1.28 bits per heavy atom. The summed E-state index contributed by atoms with van der Waals surface area (Å²) in [5, 5.41) is 0. The number of carbonyl (C=O) groups is 1. The highest BCUT2D eigenvalue weighted by Crippen LogP contribution is 2.51. The van der Waals surface area contributed by atoms with Gasteiger partial charge in [0, 0.05) is 19.4 Å². The summed E-state index contributed by atoms with van der Waals surface area (Å²) in [6, 6.07) is 0. The number of methoxy groups -OCH3 is 1. The number of hydrogen-bond acceptors (Lipinski definition) is 4. The molecule has 2 rings (SSSR count). The Bertz CT molecular complexity index is 473. The molecule has 0 radical (unpaired) electrons. The SMILES string of the molecule is CCC(C)(C)C(=O)OC1(C)CC2CCCC(OC(OC)C(C)C)(C2)C1. The topological polar surface area (TPSA) is 44.8 Å². The van der Waals surface area contributed by atoms with Crippen molar-refractivity contribution in [3.63, 3.8) is 0 Å². The van der Waals surface area contributed by atoms with Crippen molar-refractivity contribution in [3.8, 4) is 0 Å². The second kappa shape index (κ2) is 7.56. The molecule has 2 fully saturated rings. The van der Waals surface area contributed by atoms with E-state index in [1.807, 2.05) is 20.8 Å². The van der Waals surface area contributed by atoms with Gasteiger partial charge in [0.25, 0.3) is 0 Å². The van der Waals surface area contributed by atoms with Crippen molar-refractivity contribution in [1.29, 1.82) is 0 Å². The minimum absolute atomic E-state index is 0.0835. The first-order valence-electron chi connectivity index (χ1n) is 9.99. The van der Waals surface area contributed by atoms with Crippen molar-refractivity contribution in [2.75, 3.05) is 7.11 Å². The maximum Gasteiger partial charge on any atom is 0.312 e. The lowest BCUT2D eigenvalue weighted by Gasteiger charge is -2.53. The number of fused-ring (bicyclic) bond motifs is 2. The Kier molecular flexibility index (Phi) is 6.26. The van der Waals surface area contributed by atoms with Gasteiger partial charge in [-0.2, -0.15) is 0 Å². The van der Waals surface area contributed by atoms with Crippen LogP contribution in [0.1, 0.15) is 86.5 Å². The molecule has 0 amide bonds. The Balaban J connectivity index is 2.18. The average molecular weight is 355 g/mol. The number of esters is 1. The van der Waals surface area contributed by atoms with E-state index in [1.165, 1.54) is 12.8 Å². The monoisotopic (exact) mass is 354 g/mol. The molecule has 0 N–H and O–H groups in total. The standard InChI is InChI=1S/C21H38O4/c1-8-19(4,5)18(22)25-20(6)12-16-10-9-11-21(13-16,14-20)24-17(23-7)15(2)3/h15-17H,8-14H2,1-7H3. The minimum atomic E-state index is -0.442. The van der Waals surface area contributed by atoms with Crippen LogP contribution in [0.3, 0.4) is 0 Å². The molecule has 146 valence electrons. The third-order valence-electron chi connectivity index (χ3n) is 6.24. The molecule has 0 spiro atoms. The zero-order valence-corrected chi connectivity index (χ0v) is 17.3. The average Bonchev–Trinajstić information content (AvgIpc) is 2.51. The van der Waals surface area contributed by atoms with Crippen LogP contribution in [0, 0.1) is 17.3 Å². The molecule has 4 heteroatoms. The molecular formula is C21H38O4. The molecule has 4 atom stereocenters. The third-order valence-corrected chi connectivity index (χ3v) is 6.24. The van der Waals surface area contributed by atoms with E-state index >= 15 is 0 Å². The van der Waals surface area contributed by atoms with Crippen molar-refractivity contribution in [3.05, 3.63) is 0 Å². The fraction of sp³-hybridized carbons (Fsp3) is 0.952. The van der Waals surface area contributed by atoms with Gasteiger partial charge in [-0.1, -0.05) is 33.6 Å². The zero-order valence-electron chi connectivity index (χ0n) is 17.3. The number of carbonyl (C=O) groups excluding carboxylic acids is 1. The molecule has 2 saturated carbocycles. The Labute approximate surface area is 154 Å². The van der Waals surface area contributed by atoms with Gasteiger partial charge in [0.15, 0.2) is 6.29 Å². The molecule has 4 nitrogen and oxygen atoms in total. The molecule has 0 aromatic heterocycles. The molecule has 0 heterocycles. The van der Waals surface area contributed by atoms with Crippen LogP contribution in [0.2, 0.25) is 0 Å². The highest BCUT2D eigenvalue weighted by molar-refractivity contribution is 5.76. The van der Waals surface area contributed by atoms with Crippen LogP contribution < -0.4 is 0 Å². The van der Waals surface area contributed by atoms with Gasteiger partial charge >= 0.3 is 5.97 Å². The summed E-state index contributed by atoms with van der Waals surface area (Å²) in [4.78, 5) is 12.7. The van der Waals surface area contributed by atoms with E-state index in [9.17, 15) is 4.79 Å². The normalized spacial score (nSPS) is 34.0. The Morgan fingerprint density at radius 2 is 1.96 bits per heavy atom. The van der Waals surface area contributed by atoms with Crippen LogP contribution in [-0.4, -0.2) is 30.6 Å². The van der Waals surface area contributed by atoms with Gasteiger partial charge in [-0.3, -0.25) is 4.79 Å². The summed E-state index contributed by atoms with van der Waals surface area (Å²) >= 11 is 0. The largest absolute Gasteiger partial charge is 0.459 e. The first-order chi connectivity index (χ1) is 11.5. The smallest absolute Gasteiger partial charge is 0.312 e. The second-order valence-electron chi connectivity index (χ2n) is 9.57. The minimum Gasteiger partial charge on any atom is -0.459 e. The van der Waals surface area contributed by atoms with Gasteiger partial charge in [0.2, 0.25) is 0 Å². The fourth-order valence-corrected chi connectivity index (χ4v) is 4.58. The van der Waals surface area contributed by atoms with E-state index in [-0.39, 0.29) is 17.9 Å². The Hall–Kier alpha value is -0.610. The molecule has 4 unspecified atom stereocenters. The quantitative estimate of drug-likeness (QED) is 0.472. The van der Waals surface area contributed by atoms with Gasteiger partial charge in [0.05, 0.1) is 11.0 Å². The van der Waals surface area contributed by atoms with Crippen molar-refractivity contribution in [1.82, 2.24) is 0 Å². The molecular weight excluding hydrogens is 316 g/mol. The lowest BCUT2D eigenvalue weighted by atomic mass is 9.63. The van der Waals surface area contributed by atoms with Gasteiger partial charge < -0.3 is 14.2 Å². The van der Waals surface area contributed by atoms with Gasteiger partial charge in [-0.15, -0.1) is 0 Å². The summed E-state index contributed by atoms with van der Waals surface area (Å²) in [6.07, 6.45) is 6.77. The van der Waals surface area contributed by atoms with Crippen LogP contribution in [-0.2, 0) is 19.0 Å². The lowest BCUT2D eigenvalue weighted by molar-refractivity contribution is -0.261. The van der Waals surface area contributed by atoms with E-state index < -0.39 is 11.0 Å². The molecule has 0 aromatic rings. The third kappa shape index (κ3) is 4.77. The molecule has 2 bridgehead atoms. The summed E-state index contributed by atoms with van der Waals surface area (Å²) in [5.41, 5.74) is -1.10. The zero-order chi connectivity index (χ0) is 18.9. The summed E-state index contributed by atoms with van der Waals surface area (Å²) < 4.78 is 18.2. The van der Waals surface area contributed by atoms with Gasteiger partial charge in [-0.05, 0) is 52.4 Å². The predicted molar refractivity (Wildman–Crippen MR) is 99.2 cm³/mol. The first kappa shape index (κ1) is 20.7. The molecule has 0 aromatic carbocycles. The van der Waals surface area contributed by atoms with Crippen molar-refractivity contribution in [2.45, 2.75) is 104 Å². The summed E-state index contributed by atoms with van der Waals surface area (Å²) in [7, 11) is 1.72. The molecule has 0 saturated heterocycles. The Morgan fingerprint density at radius 3 is 2.52 bits per heavy atom. The first-order valence-corrected chi connectivity index (χ1v) is 9.99. The summed E-state index contributed by atoms with van der Waals surface area (Å²) in [5.74, 6) is 0.781. The molecule has 2 aliphatic carbocycles. The van der Waals surface area contributed by atoms with Crippen LogP contribution in [0.15, 0.2) is 0 Å². The van der Waals surface area contributed by atoms with Crippen LogP contribution in [0.25, 0.3) is 0 Å². The van der Waals surface area contributed by atoms with Crippen LogP contribution in [0.4, 0.5) is 0 Å². The van der Waals surface area contributed by atoms with E-state index in [4.69, 9.17) is 14.2 Å². The van der Waals surface area contributed by atoms with Gasteiger partial charge in [0.1, 0.15) is 5.60 Å². The van der Waals surface area contributed by atoms with Crippen molar-refractivity contribution >= 4 is 5.97 Å². The van der Waals surface area contributed by atoms with Crippen LogP contribution in [0.5, 0.6) is 0 Å². The van der Waals surface area contributed by atoms with Crippen molar-refractivity contribution < 1.29 is 19.0 Å². The van der Waals surface area contributed by atoms with Gasteiger partial charge in [-0.25, -0.2) is 0 Å². The second-order valence-corrected chi connectivity index (χ2v) is 9.57. The summed E-state index contributed by atoms with van der Waals surface area (Å²) in [6.45, 7) is 12.3. The lowest BCUT2D eigenvalue weighted by Crippen LogP contribution is -2.55. The maximum absolute atomic E-state index is 12.7. The maximum atomic E-state index is 12.7. The van der Waals surface area contributed by atoms with E-state index in [1.54, 1.807) is 7.11 Å². The molecule has 0 aliphatic heterocycles. The van der Waals surface area contributed by atoms with Crippen LogP contribution >= 0.6 is 0 Å².